The van der Waals surface area contributed by atoms with Gasteiger partial charge in [-0.1, -0.05) is 6.92 Å². The average Bonchev–Trinajstić information content (AvgIpc) is 4.05. The summed E-state index contributed by atoms with van der Waals surface area (Å²) in [5.41, 5.74) is -1.63. The number of carbonyl (C=O) groups is 2. The number of hydrogen-bond donors (Lipinski definition) is 1. The van der Waals surface area contributed by atoms with E-state index in [1.165, 1.54) is 55.8 Å². The minimum atomic E-state index is -4.53. The van der Waals surface area contributed by atoms with Crippen LogP contribution in [-0.4, -0.2) is 119 Å². The number of piperidine rings is 1. The summed E-state index contributed by atoms with van der Waals surface area (Å²) in [4.78, 5) is 40.1. The quantitative estimate of drug-likeness (QED) is 0.322. The molecule has 3 aromatic rings. The highest BCUT2D eigenvalue weighted by molar-refractivity contribution is 7.93. The van der Waals surface area contributed by atoms with Crippen LogP contribution in [0.5, 0.6) is 11.6 Å². The normalized spacial score (nSPS) is 20.7. The number of nitrogens with one attached hydrogen (secondary N) is 1. The number of piperazine rings is 1. The van der Waals surface area contributed by atoms with Gasteiger partial charge in [-0.05, 0) is 94.0 Å². The molecule has 1 atom stereocenters. The summed E-state index contributed by atoms with van der Waals surface area (Å²) < 4.78 is 44.9. The Labute approximate surface area is 304 Å². The molecule has 4 aliphatic rings. The molecule has 0 saturated carbocycles. The first kappa shape index (κ1) is 37.0. The lowest BCUT2D eigenvalue weighted by atomic mass is 9.83. The fraction of sp³-hybridized carbons (Fsp3) is 0.459. The molecular weight excluding hydrogens is 687 g/mol. The minimum absolute atomic E-state index is 0.00894. The van der Waals surface area contributed by atoms with Crippen molar-refractivity contribution in [3.05, 3.63) is 77.5 Å². The van der Waals surface area contributed by atoms with Gasteiger partial charge < -0.3 is 29.3 Å². The molecule has 0 aliphatic carbocycles. The summed E-state index contributed by atoms with van der Waals surface area (Å²) in [6.45, 7) is 11.5. The maximum absolute atomic E-state index is 15.0. The van der Waals surface area contributed by atoms with Gasteiger partial charge in [0.05, 0.1) is 54.7 Å². The van der Waals surface area contributed by atoms with Crippen molar-refractivity contribution in [2.75, 3.05) is 77.0 Å². The molecule has 14 nitrogen and oxygen atoms in total. The highest BCUT2D eigenvalue weighted by Crippen LogP contribution is 2.49. The van der Waals surface area contributed by atoms with Gasteiger partial charge in [-0.2, -0.15) is 9.57 Å². The number of rotatable bonds is 9. The summed E-state index contributed by atoms with van der Waals surface area (Å²) in [5, 5.41) is 12.9. The number of methoxy groups -OCH3 is 1. The van der Waals surface area contributed by atoms with E-state index in [9.17, 15) is 18.5 Å². The lowest BCUT2D eigenvalue weighted by Gasteiger charge is -2.43. The predicted octanol–water partition coefficient (Wildman–Crippen LogP) is 3.17. The number of epoxide rings is 1. The molecule has 2 aromatic carbocycles. The van der Waals surface area contributed by atoms with E-state index in [2.05, 4.69) is 37.8 Å². The van der Waals surface area contributed by atoms with Gasteiger partial charge in [0.15, 0.2) is 5.54 Å². The van der Waals surface area contributed by atoms with Gasteiger partial charge in [-0.15, -0.1) is 0 Å². The van der Waals surface area contributed by atoms with Crippen molar-refractivity contribution in [3.63, 3.8) is 0 Å². The SMILES string of the molecule is C1CO1.CCOc1ncccc1C1(NC(=O)N2CCN(C3CCN(CC)CC3)CC2)C(=O)N(S(=O)(=O)c2ccc(OC)cc2)c2ccc(C#N)cc21. The van der Waals surface area contributed by atoms with Gasteiger partial charge in [0.1, 0.15) is 5.75 Å². The van der Waals surface area contributed by atoms with E-state index in [0.717, 1.165) is 45.7 Å². The van der Waals surface area contributed by atoms with Crippen LogP contribution >= 0.6 is 0 Å². The van der Waals surface area contributed by atoms with Crippen molar-refractivity contribution < 1.29 is 32.2 Å². The molecule has 5 heterocycles. The van der Waals surface area contributed by atoms with Crippen LogP contribution in [0, 0.1) is 11.3 Å². The maximum Gasteiger partial charge on any atom is 0.318 e. The number of pyridine rings is 1. The fourth-order valence-electron chi connectivity index (χ4n) is 7.06. The summed E-state index contributed by atoms with van der Waals surface area (Å²) in [6, 6.07) is 15.2. The Morgan fingerprint density at radius 1 is 1.02 bits per heavy atom. The number of carbonyl (C=O) groups excluding carboxylic acids is 2. The smallest absolute Gasteiger partial charge is 0.318 e. The lowest BCUT2D eigenvalue weighted by molar-refractivity contribution is -0.121. The highest BCUT2D eigenvalue weighted by atomic mass is 32.2. The maximum atomic E-state index is 15.0. The average molecular weight is 732 g/mol. The van der Waals surface area contributed by atoms with Crippen LogP contribution in [0.1, 0.15) is 43.4 Å². The Bertz CT molecular complexity index is 1900. The summed E-state index contributed by atoms with van der Waals surface area (Å²) in [7, 11) is -3.06. The van der Waals surface area contributed by atoms with Crippen LogP contribution < -0.4 is 19.1 Å². The predicted molar refractivity (Wildman–Crippen MR) is 193 cm³/mol. The van der Waals surface area contributed by atoms with E-state index in [0.29, 0.717) is 42.3 Å². The summed E-state index contributed by atoms with van der Waals surface area (Å²) >= 11 is 0. The van der Waals surface area contributed by atoms with Crippen molar-refractivity contribution in [1.29, 1.82) is 5.26 Å². The van der Waals surface area contributed by atoms with Crippen LogP contribution in [0.15, 0.2) is 65.7 Å². The molecule has 3 fully saturated rings. The molecule has 1 N–H and O–H groups in total. The van der Waals surface area contributed by atoms with Crippen molar-refractivity contribution in [2.45, 2.75) is 43.2 Å². The number of nitrogens with zero attached hydrogens (tertiary/aromatic N) is 6. The first-order valence-electron chi connectivity index (χ1n) is 17.7. The van der Waals surface area contributed by atoms with Gasteiger partial charge in [-0.25, -0.2) is 18.2 Å². The Morgan fingerprint density at radius 3 is 2.31 bits per heavy atom. The zero-order chi connectivity index (χ0) is 36.9. The number of nitriles is 1. The second-order valence-corrected chi connectivity index (χ2v) is 14.7. The van der Waals surface area contributed by atoms with Crippen molar-refractivity contribution in [1.82, 2.24) is 25.0 Å². The Kier molecular flexibility index (Phi) is 11.3. The standard InChI is InChI=1S/C35H41N7O6S.C2H4O/c1-4-39-17-14-26(15-18-39)40-19-21-41(22-20-40)34(44)38-35(29-7-6-16-37-32(29)48-5-2)30-23-25(24-36)8-13-31(30)42(33(35)43)49(45,46)28-11-9-27(47-3)10-12-28;1-2-3-1/h6-13,16,23,26H,4-5,14-15,17-22H2,1-3H3,(H,38,44);1-2H2. The zero-order valence-corrected chi connectivity index (χ0v) is 30.6. The molecule has 276 valence electrons. The van der Waals surface area contributed by atoms with Crippen molar-refractivity contribution in [2.24, 2.45) is 0 Å². The fourth-order valence-corrected chi connectivity index (χ4v) is 8.52. The molecule has 4 aliphatic heterocycles. The molecule has 52 heavy (non-hydrogen) atoms. The molecule has 3 amide bonds. The first-order valence-corrected chi connectivity index (χ1v) is 19.1. The Hall–Kier alpha value is -4.75. The monoisotopic (exact) mass is 731 g/mol. The lowest BCUT2D eigenvalue weighted by Crippen LogP contribution is -2.61. The second-order valence-electron chi connectivity index (χ2n) is 12.9. The topological polar surface area (TPSA) is 161 Å². The van der Waals surface area contributed by atoms with Gasteiger partial charge in [0, 0.05) is 44.0 Å². The van der Waals surface area contributed by atoms with E-state index in [1.54, 1.807) is 24.0 Å². The number of urea groups is 1. The molecule has 15 heteroatoms. The van der Waals surface area contributed by atoms with Gasteiger partial charge in [0.2, 0.25) is 5.88 Å². The molecule has 0 spiro atoms. The van der Waals surface area contributed by atoms with E-state index in [1.807, 2.05) is 0 Å². The van der Waals surface area contributed by atoms with Crippen LogP contribution in [0.25, 0.3) is 0 Å². The van der Waals surface area contributed by atoms with Gasteiger partial charge in [-0.3, -0.25) is 9.69 Å². The van der Waals surface area contributed by atoms with E-state index in [-0.39, 0.29) is 39.8 Å². The van der Waals surface area contributed by atoms with Crippen LogP contribution in [0.2, 0.25) is 0 Å². The number of hydrogen-bond acceptors (Lipinski definition) is 11. The van der Waals surface area contributed by atoms with Crippen LogP contribution in [-0.2, 0) is 25.1 Å². The third kappa shape index (κ3) is 7.29. The first-order chi connectivity index (χ1) is 25.2. The number of ether oxygens (including phenoxy) is 3. The molecule has 0 radical (unpaired) electrons. The van der Waals surface area contributed by atoms with Gasteiger partial charge in [0.25, 0.3) is 15.9 Å². The number of aromatic nitrogens is 1. The van der Waals surface area contributed by atoms with E-state index >= 15 is 4.79 Å². The number of likely N-dealkylation sites (tertiary alicyclic amines) is 1. The largest absolute Gasteiger partial charge is 0.497 e. The molecule has 7 rings (SSSR count). The molecule has 1 aromatic heterocycles. The minimum Gasteiger partial charge on any atom is -0.497 e. The van der Waals surface area contributed by atoms with Crippen LogP contribution in [0.3, 0.4) is 0 Å². The highest BCUT2D eigenvalue weighted by Gasteiger charge is 2.59. The summed E-state index contributed by atoms with van der Waals surface area (Å²) in [6.07, 6.45) is 3.65. The molecule has 1 unspecified atom stereocenters. The molecule has 3 saturated heterocycles. The number of amides is 3. The molecule has 0 bridgehead atoms. The third-order valence-corrected chi connectivity index (χ3v) is 11.6. The number of sulfonamides is 1. The Balaban J connectivity index is 0.00000147. The number of fused-ring (bicyclic) bond motifs is 1. The summed E-state index contributed by atoms with van der Waals surface area (Å²) in [5.74, 6) is -0.452. The number of benzene rings is 2. The third-order valence-electron chi connectivity index (χ3n) is 9.93. The van der Waals surface area contributed by atoms with Crippen molar-refractivity contribution >= 4 is 27.6 Å². The van der Waals surface area contributed by atoms with E-state index < -0.39 is 27.5 Å². The number of anilines is 1. The van der Waals surface area contributed by atoms with Crippen molar-refractivity contribution in [3.8, 4) is 17.7 Å². The second kappa shape index (κ2) is 15.9. The molecular formula is C37H45N7O7S. The Morgan fingerprint density at radius 2 is 1.71 bits per heavy atom. The van der Waals surface area contributed by atoms with Gasteiger partial charge >= 0.3 is 6.03 Å². The zero-order valence-electron chi connectivity index (χ0n) is 29.8. The van der Waals surface area contributed by atoms with Crippen LogP contribution in [0.4, 0.5) is 10.5 Å². The van der Waals surface area contributed by atoms with E-state index in [4.69, 9.17) is 9.47 Å².